The van der Waals surface area contributed by atoms with Crippen LogP contribution in [0, 0.1) is 11.8 Å². The minimum Gasteiger partial charge on any atom is -1.00 e. The fourth-order valence-corrected chi connectivity index (χ4v) is 10.8. The first-order chi connectivity index (χ1) is 27.6. The van der Waals surface area contributed by atoms with Gasteiger partial charge in [-0.3, -0.25) is 0 Å². The molecule has 8 aliphatic rings. The van der Waals surface area contributed by atoms with Crippen LogP contribution in [-0.2, 0) is 30.3 Å². The maximum absolute atomic E-state index is 13.5. The van der Waals surface area contributed by atoms with Crippen molar-refractivity contribution in [2.45, 2.75) is 49.1 Å². The number of hydrogen-bond acceptors (Lipinski definition) is 9. The molecular formula is C46H52Br2N2O9. The molecule has 1 aliphatic carbocycles. The SMILES string of the molecule is O=C(O[C@H]1C[N+]2(CCO)CCC1CC2)C1(O)c2ccccc2-c2ccccc21.O=C(O[C@H]1C[N+]2(CCO)CCC1CC2)C1(O)c2ccccc2Oc2ccccc21.[Br-].[Br-]. The van der Waals surface area contributed by atoms with Crippen molar-refractivity contribution in [3.63, 3.8) is 0 Å². The Morgan fingerprint density at radius 2 is 0.898 bits per heavy atom. The molecule has 314 valence electrons. The third-order valence-corrected chi connectivity index (χ3v) is 14.0. The number of ether oxygens (including phenoxy) is 3. The van der Waals surface area contributed by atoms with Gasteiger partial charge in [0, 0.05) is 59.8 Å². The van der Waals surface area contributed by atoms with Crippen molar-refractivity contribution in [1.82, 2.24) is 0 Å². The highest BCUT2D eigenvalue weighted by atomic mass is 79.9. The number of aliphatic hydroxyl groups is 4. The molecule has 4 bridgehead atoms. The lowest BCUT2D eigenvalue weighted by molar-refractivity contribution is -0.946. The Morgan fingerprint density at radius 1 is 0.559 bits per heavy atom. The molecule has 0 aromatic heterocycles. The van der Waals surface area contributed by atoms with Crippen molar-refractivity contribution >= 4 is 11.9 Å². The standard InChI is InChI=1S/C23H26NO5.C23H26NO4.2BrH/c25-14-13-24-11-9-16(10-12-24)21(15-24)29-22(26)23(27)17-5-1-3-7-19(17)28-20-8-4-2-6-18(20)23;25-14-13-24-11-9-16(10-12-24)21(15-24)28-22(26)23(27)19-7-3-1-5-17(19)18-6-2-4-8-20(18)23;;/h1-8,16,21,25,27H,9-15H2;1-8,16,21,25,27H,9-15H2;2*1H/q2*+1;;/p-2/t2*16?,21-,24?;;/m00../s1. The number of nitrogens with zero attached hydrogens (tertiary/aromatic N) is 2. The molecule has 0 spiro atoms. The zero-order chi connectivity index (χ0) is 39.4. The van der Waals surface area contributed by atoms with E-state index in [1.807, 2.05) is 60.7 Å². The van der Waals surface area contributed by atoms with Gasteiger partial charge in [0.25, 0.3) is 0 Å². The first kappa shape index (κ1) is 43.4. The quantitative estimate of drug-likeness (QED) is 0.119. The van der Waals surface area contributed by atoms with Gasteiger partial charge in [-0.2, -0.15) is 0 Å². The van der Waals surface area contributed by atoms with E-state index < -0.39 is 23.1 Å². The van der Waals surface area contributed by atoms with Gasteiger partial charge < -0.3 is 77.6 Å². The molecule has 4 N–H and O–H groups in total. The van der Waals surface area contributed by atoms with Crippen molar-refractivity contribution in [3.8, 4) is 22.6 Å². The largest absolute Gasteiger partial charge is 1.00 e. The highest BCUT2D eigenvalue weighted by Gasteiger charge is 2.55. The summed E-state index contributed by atoms with van der Waals surface area (Å²) >= 11 is 0. The number of hydrogen-bond donors (Lipinski definition) is 4. The summed E-state index contributed by atoms with van der Waals surface area (Å²) in [5.41, 5.74) is 0.114. The summed E-state index contributed by atoms with van der Waals surface area (Å²) in [7, 11) is 0. The Hall–Kier alpha value is -3.66. The van der Waals surface area contributed by atoms with Crippen molar-refractivity contribution in [2.75, 3.05) is 65.6 Å². The van der Waals surface area contributed by atoms with Crippen LogP contribution in [0.25, 0.3) is 11.1 Å². The third kappa shape index (κ3) is 7.35. The van der Waals surface area contributed by atoms with Crippen LogP contribution in [0.5, 0.6) is 11.5 Å². The highest BCUT2D eigenvalue weighted by molar-refractivity contribution is 5.96. The fraction of sp³-hybridized carbons (Fsp3) is 0.435. The molecule has 0 unspecified atom stereocenters. The predicted molar refractivity (Wildman–Crippen MR) is 210 cm³/mol. The Balaban J connectivity index is 0.000000173. The van der Waals surface area contributed by atoms with Crippen LogP contribution in [0.3, 0.4) is 0 Å². The summed E-state index contributed by atoms with van der Waals surface area (Å²) in [6.07, 6.45) is 3.51. The van der Waals surface area contributed by atoms with E-state index in [0.717, 1.165) is 78.5 Å². The van der Waals surface area contributed by atoms with E-state index in [0.29, 0.717) is 65.2 Å². The van der Waals surface area contributed by atoms with E-state index in [1.165, 1.54) is 0 Å². The van der Waals surface area contributed by atoms with Crippen molar-refractivity contribution in [1.29, 1.82) is 0 Å². The van der Waals surface area contributed by atoms with Crippen molar-refractivity contribution in [2.24, 2.45) is 11.8 Å². The second kappa shape index (κ2) is 17.0. The van der Waals surface area contributed by atoms with Crippen LogP contribution < -0.4 is 38.7 Å². The van der Waals surface area contributed by atoms with Gasteiger partial charge in [-0.1, -0.05) is 84.9 Å². The van der Waals surface area contributed by atoms with Gasteiger partial charge in [0.2, 0.25) is 11.2 Å². The lowest BCUT2D eigenvalue weighted by atomic mass is 9.81. The molecule has 6 saturated heterocycles. The predicted octanol–water partition coefficient (Wildman–Crippen LogP) is -1.77. The van der Waals surface area contributed by atoms with Gasteiger partial charge in [0.1, 0.15) is 37.7 Å². The Bertz CT molecular complexity index is 2070. The topological polar surface area (TPSA) is 143 Å². The second-order valence-corrected chi connectivity index (χ2v) is 17.0. The van der Waals surface area contributed by atoms with Gasteiger partial charge in [0.05, 0.1) is 39.4 Å². The third-order valence-electron chi connectivity index (χ3n) is 14.0. The second-order valence-electron chi connectivity index (χ2n) is 17.0. The van der Waals surface area contributed by atoms with Crippen LogP contribution in [-0.4, -0.2) is 119 Å². The molecular weight excluding hydrogens is 884 g/mol. The molecule has 12 rings (SSSR count). The van der Waals surface area contributed by atoms with Crippen LogP contribution in [0.2, 0.25) is 0 Å². The molecule has 0 saturated carbocycles. The minimum atomic E-state index is -1.90. The summed E-state index contributed by atoms with van der Waals surface area (Å²) < 4.78 is 19.5. The molecule has 7 aliphatic heterocycles. The van der Waals surface area contributed by atoms with Crippen molar-refractivity contribution in [3.05, 3.63) is 119 Å². The zero-order valence-electron chi connectivity index (χ0n) is 32.9. The molecule has 0 amide bonds. The number of fused-ring (bicyclic) bond motifs is 11. The summed E-state index contributed by atoms with van der Waals surface area (Å²) in [4.78, 5) is 26.8. The zero-order valence-corrected chi connectivity index (χ0v) is 36.1. The fourth-order valence-electron chi connectivity index (χ4n) is 10.8. The lowest BCUT2D eigenvalue weighted by Crippen LogP contribution is -3.00. The Morgan fingerprint density at radius 3 is 1.29 bits per heavy atom. The van der Waals surface area contributed by atoms with E-state index in [9.17, 15) is 30.0 Å². The van der Waals surface area contributed by atoms with Gasteiger partial charge >= 0.3 is 11.9 Å². The highest BCUT2D eigenvalue weighted by Crippen LogP contribution is 2.50. The van der Waals surface area contributed by atoms with E-state index >= 15 is 0 Å². The number of para-hydroxylation sites is 2. The molecule has 2 atom stereocenters. The maximum atomic E-state index is 13.5. The number of carbonyl (C=O) groups is 2. The van der Waals surface area contributed by atoms with Gasteiger partial charge in [-0.15, -0.1) is 0 Å². The van der Waals surface area contributed by atoms with Crippen LogP contribution >= 0.6 is 0 Å². The molecule has 4 aromatic rings. The smallest absolute Gasteiger partial charge is 0.348 e. The van der Waals surface area contributed by atoms with Gasteiger partial charge in [0.15, 0.2) is 12.2 Å². The number of halogens is 2. The number of quaternary nitrogens is 2. The van der Waals surface area contributed by atoms with Crippen LogP contribution in [0.15, 0.2) is 97.1 Å². The van der Waals surface area contributed by atoms with Crippen LogP contribution in [0.4, 0.5) is 0 Å². The summed E-state index contributed by atoms with van der Waals surface area (Å²) in [5.74, 6) is 0.351. The monoisotopic (exact) mass is 934 g/mol. The maximum Gasteiger partial charge on any atom is 0.348 e. The molecule has 13 heteroatoms. The Kier molecular flexibility index (Phi) is 12.5. The van der Waals surface area contributed by atoms with E-state index in [2.05, 4.69) is 0 Å². The average Bonchev–Trinajstić information content (AvgIpc) is 3.51. The van der Waals surface area contributed by atoms with Gasteiger partial charge in [-0.25, -0.2) is 9.59 Å². The number of benzene rings is 4. The summed E-state index contributed by atoms with van der Waals surface area (Å²) in [6.45, 7) is 7.21. The number of aliphatic hydroxyl groups excluding tert-OH is 2. The summed E-state index contributed by atoms with van der Waals surface area (Å²) in [5, 5.41) is 42.3. The van der Waals surface area contributed by atoms with Crippen molar-refractivity contribution < 1.29 is 87.2 Å². The molecule has 6 fully saturated rings. The Labute approximate surface area is 365 Å². The summed E-state index contributed by atoms with van der Waals surface area (Å²) in [6, 6.07) is 29.1. The number of piperidine rings is 6. The number of carbonyl (C=O) groups excluding carboxylic acids is 2. The molecule has 11 nitrogen and oxygen atoms in total. The molecule has 4 aromatic carbocycles. The first-order valence-electron chi connectivity index (χ1n) is 20.5. The van der Waals surface area contributed by atoms with E-state index in [1.54, 1.807) is 36.4 Å². The van der Waals surface area contributed by atoms with Gasteiger partial charge in [-0.05, 0) is 23.3 Å². The number of rotatable bonds is 8. The van der Waals surface area contributed by atoms with E-state index in [-0.39, 0.29) is 59.4 Å². The number of esters is 2. The molecule has 59 heavy (non-hydrogen) atoms. The van der Waals surface area contributed by atoms with E-state index in [4.69, 9.17) is 14.2 Å². The van der Waals surface area contributed by atoms with Crippen LogP contribution in [0.1, 0.15) is 47.9 Å². The molecule has 7 heterocycles. The lowest BCUT2D eigenvalue weighted by Gasteiger charge is -2.52. The minimum absolute atomic E-state index is 0. The average molecular weight is 937 g/mol. The first-order valence-corrected chi connectivity index (χ1v) is 20.5. The molecule has 0 radical (unpaired) electrons. The normalized spacial score (nSPS) is 28.0.